The number of nitrogens with one attached hydrogen (secondary N) is 1. The first-order chi connectivity index (χ1) is 12.7. The normalized spacial score (nSPS) is 10.4. The summed E-state index contributed by atoms with van der Waals surface area (Å²) >= 11 is 0. The van der Waals surface area contributed by atoms with E-state index in [2.05, 4.69) is 15.3 Å². The molecule has 0 atom stereocenters. The number of aromatic nitrogens is 2. The van der Waals surface area contributed by atoms with Crippen molar-refractivity contribution in [3.05, 3.63) is 66.5 Å². The Bertz CT molecular complexity index is 892. The standard InChI is InChI=1S/C21H21N3O2/c1-3-6-19(25)15-9-11-16(12-10-15)24-21-13-18(22-14-23-21)17-7-4-5-8-20(17)26-2/h4-5,7-14H,3,6H2,1-2H3,(H,22,23,24). The molecule has 26 heavy (non-hydrogen) atoms. The van der Waals surface area contributed by atoms with Gasteiger partial charge in [-0.2, -0.15) is 0 Å². The van der Waals surface area contributed by atoms with Gasteiger partial charge in [-0.3, -0.25) is 4.79 Å². The first-order valence-corrected chi connectivity index (χ1v) is 8.57. The lowest BCUT2D eigenvalue weighted by atomic mass is 10.1. The van der Waals surface area contributed by atoms with Crippen LogP contribution in [0.2, 0.25) is 0 Å². The van der Waals surface area contributed by atoms with Gasteiger partial charge in [0.25, 0.3) is 0 Å². The van der Waals surface area contributed by atoms with E-state index in [1.165, 1.54) is 6.33 Å². The van der Waals surface area contributed by atoms with Crippen molar-refractivity contribution in [2.45, 2.75) is 19.8 Å². The number of carbonyl (C=O) groups is 1. The van der Waals surface area contributed by atoms with E-state index in [-0.39, 0.29) is 5.78 Å². The molecule has 0 saturated heterocycles. The largest absolute Gasteiger partial charge is 0.496 e. The number of anilines is 2. The van der Waals surface area contributed by atoms with Crippen LogP contribution in [-0.2, 0) is 0 Å². The Balaban J connectivity index is 1.80. The first-order valence-electron chi connectivity index (χ1n) is 8.57. The highest BCUT2D eigenvalue weighted by atomic mass is 16.5. The van der Waals surface area contributed by atoms with Crippen LogP contribution in [0.4, 0.5) is 11.5 Å². The molecule has 0 fully saturated rings. The van der Waals surface area contributed by atoms with E-state index < -0.39 is 0 Å². The van der Waals surface area contributed by atoms with Gasteiger partial charge in [-0.25, -0.2) is 9.97 Å². The van der Waals surface area contributed by atoms with Crippen molar-refractivity contribution in [2.75, 3.05) is 12.4 Å². The maximum absolute atomic E-state index is 11.9. The van der Waals surface area contributed by atoms with Crippen molar-refractivity contribution in [1.82, 2.24) is 9.97 Å². The van der Waals surface area contributed by atoms with Crippen molar-refractivity contribution >= 4 is 17.3 Å². The monoisotopic (exact) mass is 347 g/mol. The Morgan fingerprint density at radius 2 is 1.85 bits per heavy atom. The third kappa shape index (κ3) is 4.06. The van der Waals surface area contributed by atoms with Gasteiger partial charge in [0.15, 0.2) is 5.78 Å². The fraction of sp³-hybridized carbons (Fsp3) is 0.190. The molecule has 1 aromatic heterocycles. The van der Waals surface area contributed by atoms with Gasteiger partial charge in [-0.15, -0.1) is 0 Å². The molecule has 0 aliphatic heterocycles. The van der Waals surface area contributed by atoms with E-state index in [0.29, 0.717) is 12.2 Å². The van der Waals surface area contributed by atoms with Crippen LogP contribution < -0.4 is 10.1 Å². The topological polar surface area (TPSA) is 64.1 Å². The molecule has 5 nitrogen and oxygen atoms in total. The molecule has 2 aromatic carbocycles. The average Bonchev–Trinajstić information content (AvgIpc) is 2.69. The SMILES string of the molecule is CCCC(=O)c1ccc(Nc2cc(-c3ccccc3OC)ncn2)cc1. The zero-order chi connectivity index (χ0) is 18.4. The van der Waals surface area contributed by atoms with Crippen molar-refractivity contribution < 1.29 is 9.53 Å². The van der Waals surface area contributed by atoms with E-state index in [1.54, 1.807) is 7.11 Å². The number of rotatable bonds is 7. The van der Waals surface area contributed by atoms with Crippen molar-refractivity contribution in [1.29, 1.82) is 0 Å². The number of ether oxygens (including phenoxy) is 1. The van der Waals surface area contributed by atoms with E-state index >= 15 is 0 Å². The van der Waals surface area contributed by atoms with E-state index in [1.807, 2.05) is 61.5 Å². The van der Waals surface area contributed by atoms with Gasteiger partial charge in [-0.1, -0.05) is 19.1 Å². The number of benzene rings is 2. The molecular formula is C21H21N3O2. The first kappa shape index (κ1) is 17.6. The Morgan fingerprint density at radius 1 is 1.08 bits per heavy atom. The molecule has 1 heterocycles. The number of Topliss-reactive ketones (excluding diaryl/α,β-unsaturated/α-hetero) is 1. The van der Waals surface area contributed by atoms with Gasteiger partial charge in [-0.05, 0) is 42.8 Å². The van der Waals surface area contributed by atoms with Crippen LogP contribution in [-0.4, -0.2) is 22.9 Å². The zero-order valence-corrected chi connectivity index (χ0v) is 14.9. The van der Waals surface area contributed by atoms with Gasteiger partial charge in [0, 0.05) is 29.3 Å². The summed E-state index contributed by atoms with van der Waals surface area (Å²) < 4.78 is 5.40. The van der Waals surface area contributed by atoms with Gasteiger partial charge >= 0.3 is 0 Å². The fourth-order valence-corrected chi connectivity index (χ4v) is 2.69. The molecule has 0 unspecified atom stereocenters. The summed E-state index contributed by atoms with van der Waals surface area (Å²) in [6.07, 6.45) is 2.94. The van der Waals surface area contributed by atoms with Crippen LogP contribution in [0.15, 0.2) is 60.9 Å². The third-order valence-corrected chi connectivity index (χ3v) is 4.01. The molecule has 0 saturated carbocycles. The maximum atomic E-state index is 11.9. The summed E-state index contributed by atoms with van der Waals surface area (Å²) in [5.74, 6) is 1.60. The quantitative estimate of drug-likeness (QED) is 0.617. The van der Waals surface area contributed by atoms with Crippen LogP contribution in [0, 0.1) is 0 Å². The molecule has 3 rings (SSSR count). The number of hydrogen-bond acceptors (Lipinski definition) is 5. The molecule has 0 aliphatic rings. The van der Waals surface area contributed by atoms with Gasteiger partial charge in [0.05, 0.1) is 12.8 Å². The van der Waals surface area contributed by atoms with E-state index in [0.717, 1.165) is 34.7 Å². The van der Waals surface area contributed by atoms with Gasteiger partial charge in [0.2, 0.25) is 0 Å². The summed E-state index contributed by atoms with van der Waals surface area (Å²) in [5, 5.41) is 3.25. The van der Waals surface area contributed by atoms with Crippen molar-refractivity contribution in [3.8, 4) is 17.0 Å². The number of para-hydroxylation sites is 1. The van der Waals surface area contributed by atoms with Crippen LogP contribution in [0.25, 0.3) is 11.3 Å². The fourth-order valence-electron chi connectivity index (χ4n) is 2.69. The Labute approximate surface area is 153 Å². The average molecular weight is 347 g/mol. The summed E-state index contributed by atoms with van der Waals surface area (Å²) in [4.78, 5) is 20.5. The number of ketones is 1. The molecule has 5 heteroatoms. The van der Waals surface area contributed by atoms with E-state index in [4.69, 9.17) is 4.74 Å². The predicted octanol–water partition coefficient (Wildman–Crippen LogP) is 4.88. The number of methoxy groups -OCH3 is 1. The molecule has 0 amide bonds. The van der Waals surface area contributed by atoms with Gasteiger partial charge in [0.1, 0.15) is 17.9 Å². The lowest BCUT2D eigenvalue weighted by Gasteiger charge is -2.10. The lowest BCUT2D eigenvalue weighted by molar-refractivity contribution is 0.0982. The number of nitrogens with zero attached hydrogens (tertiary/aromatic N) is 2. The molecule has 0 bridgehead atoms. The minimum Gasteiger partial charge on any atom is -0.496 e. The summed E-state index contributed by atoms with van der Waals surface area (Å²) in [6, 6.07) is 17.0. The number of hydrogen-bond donors (Lipinski definition) is 1. The Kier molecular flexibility index (Phi) is 5.59. The molecular weight excluding hydrogens is 326 g/mol. The second kappa shape index (κ2) is 8.25. The highest BCUT2D eigenvalue weighted by Gasteiger charge is 2.08. The van der Waals surface area contributed by atoms with Crippen LogP contribution >= 0.6 is 0 Å². The second-order valence-corrected chi connectivity index (χ2v) is 5.86. The predicted molar refractivity (Wildman–Crippen MR) is 103 cm³/mol. The third-order valence-electron chi connectivity index (χ3n) is 4.01. The van der Waals surface area contributed by atoms with E-state index in [9.17, 15) is 4.79 Å². The second-order valence-electron chi connectivity index (χ2n) is 5.86. The van der Waals surface area contributed by atoms with Crippen molar-refractivity contribution in [2.24, 2.45) is 0 Å². The minimum atomic E-state index is 0.166. The molecule has 0 radical (unpaired) electrons. The lowest BCUT2D eigenvalue weighted by Crippen LogP contribution is -1.99. The van der Waals surface area contributed by atoms with Crippen LogP contribution in [0.5, 0.6) is 5.75 Å². The molecule has 3 aromatic rings. The maximum Gasteiger partial charge on any atom is 0.162 e. The number of carbonyl (C=O) groups excluding carboxylic acids is 1. The van der Waals surface area contributed by atoms with Crippen molar-refractivity contribution in [3.63, 3.8) is 0 Å². The Hall–Kier alpha value is -3.21. The van der Waals surface area contributed by atoms with Crippen LogP contribution in [0.3, 0.4) is 0 Å². The minimum absolute atomic E-state index is 0.166. The molecule has 1 N–H and O–H groups in total. The molecule has 0 aliphatic carbocycles. The summed E-state index contributed by atoms with van der Waals surface area (Å²) in [6.45, 7) is 2.00. The molecule has 0 spiro atoms. The van der Waals surface area contributed by atoms with Gasteiger partial charge < -0.3 is 10.1 Å². The Morgan fingerprint density at radius 3 is 2.58 bits per heavy atom. The highest BCUT2D eigenvalue weighted by Crippen LogP contribution is 2.29. The summed E-state index contributed by atoms with van der Waals surface area (Å²) in [7, 11) is 1.64. The molecule has 132 valence electrons. The zero-order valence-electron chi connectivity index (χ0n) is 14.9. The highest BCUT2D eigenvalue weighted by molar-refractivity contribution is 5.96. The smallest absolute Gasteiger partial charge is 0.162 e. The summed E-state index contributed by atoms with van der Waals surface area (Å²) in [5.41, 5.74) is 3.27. The van der Waals surface area contributed by atoms with Crippen LogP contribution in [0.1, 0.15) is 30.1 Å².